The monoisotopic (exact) mass is 244 g/mol. The van der Waals surface area contributed by atoms with Crippen molar-refractivity contribution in [3.63, 3.8) is 0 Å². The lowest BCUT2D eigenvalue weighted by atomic mass is 10.1. The molecule has 18 heavy (non-hydrogen) atoms. The maximum absolute atomic E-state index is 11.9. The largest absolute Gasteiger partial charge is 0.330 e. The van der Waals surface area contributed by atoms with Gasteiger partial charge in [-0.15, -0.1) is 0 Å². The third-order valence-corrected chi connectivity index (χ3v) is 2.74. The second-order valence-corrected chi connectivity index (χ2v) is 4.25. The first kappa shape index (κ1) is 12.3. The number of aromatic nitrogens is 2. The summed E-state index contributed by atoms with van der Waals surface area (Å²) in [6.07, 6.45) is 3.12. The molecule has 0 saturated carbocycles. The molecule has 0 radical (unpaired) electrons. The Hall–Kier alpha value is -2.14. The van der Waals surface area contributed by atoms with E-state index in [1.54, 1.807) is 17.9 Å². The number of anilines is 1. The molecule has 2 rings (SSSR count). The Morgan fingerprint density at radius 3 is 2.56 bits per heavy atom. The molecular weight excluding hydrogens is 228 g/mol. The van der Waals surface area contributed by atoms with Crippen molar-refractivity contribution in [3.05, 3.63) is 48.0 Å². The number of nitrogens with one attached hydrogen (secondary N) is 1. The molecule has 1 aromatic carbocycles. The first-order chi connectivity index (χ1) is 8.58. The smallest absolute Gasteiger partial charge is 0.273 e. The second-order valence-electron chi connectivity index (χ2n) is 4.25. The van der Waals surface area contributed by atoms with Crippen LogP contribution in [0, 0.1) is 0 Å². The van der Waals surface area contributed by atoms with Gasteiger partial charge in [0.2, 0.25) is 0 Å². The molecule has 5 nitrogen and oxygen atoms in total. The SMILES string of the molecule is CC(N)c1ccc(NC(=O)c2cncn2C)cc1. The summed E-state index contributed by atoms with van der Waals surface area (Å²) in [5.74, 6) is -0.177. The molecule has 1 heterocycles. The van der Waals surface area contributed by atoms with Gasteiger partial charge in [-0.25, -0.2) is 4.98 Å². The third kappa shape index (κ3) is 2.57. The quantitative estimate of drug-likeness (QED) is 0.863. The summed E-state index contributed by atoms with van der Waals surface area (Å²) >= 11 is 0. The molecule has 0 aliphatic rings. The van der Waals surface area contributed by atoms with Gasteiger partial charge in [0.1, 0.15) is 5.69 Å². The Morgan fingerprint density at radius 1 is 1.39 bits per heavy atom. The van der Waals surface area contributed by atoms with Crippen molar-refractivity contribution in [1.82, 2.24) is 9.55 Å². The van der Waals surface area contributed by atoms with Crippen molar-refractivity contribution in [1.29, 1.82) is 0 Å². The highest BCUT2D eigenvalue weighted by Gasteiger charge is 2.09. The molecule has 5 heteroatoms. The van der Waals surface area contributed by atoms with Crippen LogP contribution in [0.2, 0.25) is 0 Å². The maximum Gasteiger partial charge on any atom is 0.273 e. The summed E-state index contributed by atoms with van der Waals surface area (Å²) in [7, 11) is 1.78. The van der Waals surface area contributed by atoms with Gasteiger partial charge in [0.05, 0.1) is 12.5 Å². The van der Waals surface area contributed by atoms with Crippen molar-refractivity contribution >= 4 is 11.6 Å². The molecular formula is C13H16N4O. The van der Waals surface area contributed by atoms with Crippen molar-refractivity contribution in [2.75, 3.05) is 5.32 Å². The van der Waals surface area contributed by atoms with Crippen LogP contribution in [0.15, 0.2) is 36.8 Å². The van der Waals surface area contributed by atoms with Crippen LogP contribution in [-0.2, 0) is 7.05 Å². The number of carbonyl (C=O) groups is 1. The van der Waals surface area contributed by atoms with Gasteiger partial charge in [-0.3, -0.25) is 4.79 Å². The second kappa shape index (κ2) is 5.01. The van der Waals surface area contributed by atoms with E-state index in [0.29, 0.717) is 5.69 Å². The Labute approximate surface area is 106 Å². The topological polar surface area (TPSA) is 72.9 Å². The van der Waals surface area contributed by atoms with E-state index in [2.05, 4.69) is 10.3 Å². The van der Waals surface area contributed by atoms with Crippen LogP contribution in [0.1, 0.15) is 29.0 Å². The number of imidazole rings is 1. The number of hydrogen-bond acceptors (Lipinski definition) is 3. The average Bonchev–Trinajstić information content (AvgIpc) is 2.76. The van der Waals surface area contributed by atoms with Gasteiger partial charge in [-0.1, -0.05) is 12.1 Å². The van der Waals surface area contributed by atoms with Crippen molar-refractivity contribution in [2.45, 2.75) is 13.0 Å². The van der Waals surface area contributed by atoms with Gasteiger partial charge in [-0.05, 0) is 24.6 Å². The minimum atomic E-state index is -0.177. The van der Waals surface area contributed by atoms with Crippen LogP contribution < -0.4 is 11.1 Å². The lowest BCUT2D eigenvalue weighted by Gasteiger charge is -2.08. The Morgan fingerprint density at radius 2 is 2.06 bits per heavy atom. The summed E-state index contributed by atoms with van der Waals surface area (Å²) in [5, 5.41) is 2.81. The summed E-state index contributed by atoms with van der Waals surface area (Å²) in [5.41, 5.74) is 8.06. The first-order valence-corrected chi connectivity index (χ1v) is 5.71. The van der Waals surface area contributed by atoms with Gasteiger partial charge < -0.3 is 15.6 Å². The molecule has 94 valence electrons. The van der Waals surface area contributed by atoms with Crippen molar-refractivity contribution < 1.29 is 4.79 Å². The van der Waals surface area contributed by atoms with Crippen LogP contribution in [0.5, 0.6) is 0 Å². The predicted molar refractivity (Wildman–Crippen MR) is 70.2 cm³/mol. The molecule has 0 saturated heterocycles. The molecule has 0 fully saturated rings. The van der Waals surface area contributed by atoms with E-state index in [1.165, 1.54) is 6.20 Å². The summed E-state index contributed by atoms with van der Waals surface area (Å²) in [6, 6.07) is 7.49. The van der Waals surface area contributed by atoms with Crippen LogP contribution >= 0.6 is 0 Å². The van der Waals surface area contributed by atoms with Crippen molar-refractivity contribution in [2.24, 2.45) is 12.8 Å². The fraction of sp³-hybridized carbons (Fsp3) is 0.231. The van der Waals surface area contributed by atoms with Crippen molar-refractivity contribution in [3.8, 4) is 0 Å². The van der Waals surface area contributed by atoms with E-state index in [9.17, 15) is 4.79 Å². The minimum absolute atomic E-state index is 0.00757. The summed E-state index contributed by atoms with van der Waals surface area (Å²) < 4.78 is 1.67. The van der Waals surface area contributed by atoms with E-state index in [0.717, 1.165) is 11.3 Å². The standard InChI is InChI=1S/C13H16N4O/c1-9(14)10-3-5-11(6-4-10)16-13(18)12-7-15-8-17(12)2/h3-9H,14H2,1-2H3,(H,16,18). The highest BCUT2D eigenvalue weighted by Crippen LogP contribution is 2.14. The van der Waals surface area contributed by atoms with Gasteiger partial charge in [0.25, 0.3) is 5.91 Å². The molecule has 0 aliphatic heterocycles. The fourth-order valence-electron chi connectivity index (χ4n) is 1.64. The zero-order valence-electron chi connectivity index (χ0n) is 10.4. The highest BCUT2D eigenvalue weighted by molar-refractivity contribution is 6.02. The van der Waals surface area contributed by atoms with E-state index < -0.39 is 0 Å². The zero-order chi connectivity index (χ0) is 13.1. The molecule has 0 spiro atoms. The number of nitrogens with zero attached hydrogens (tertiary/aromatic N) is 2. The molecule has 3 N–H and O–H groups in total. The molecule has 1 amide bonds. The van der Waals surface area contributed by atoms with Crippen LogP contribution in [0.4, 0.5) is 5.69 Å². The van der Waals surface area contributed by atoms with Crippen LogP contribution in [-0.4, -0.2) is 15.5 Å². The molecule has 1 atom stereocenters. The Bertz CT molecular complexity index is 542. The number of rotatable bonds is 3. The minimum Gasteiger partial charge on any atom is -0.330 e. The van der Waals surface area contributed by atoms with Crippen LogP contribution in [0.3, 0.4) is 0 Å². The van der Waals surface area contributed by atoms with Gasteiger partial charge >= 0.3 is 0 Å². The molecule has 1 unspecified atom stereocenters. The molecule has 1 aromatic heterocycles. The zero-order valence-corrected chi connectivity index (χ0v) is 10.4. The highest BCUT2D eigenvalue weighted by atomic mass is 16.1. The number of amides is 1. The van der Waals surface area contributed by atoms with Gasteiger partial charge in [-0.2, -0.15) is 0 Å². The number of hydrogen-bond donors (Lipinski definition) is 2. The molecule has 0 bridgehead atoms. The van der Waals surface area contributed by atoms with E-state index >= 15 is 0 Å². The summed E-state index contributed by atoms with van der Waals surface area (Å²) in [6.45, 7) is 1.92. The third-order valence-electron chi connectivity index (χ3n) is 2.74. The predicted octanol–water partition coefficient (Wildman–Crippen LogP) is 1.69. The fourth-order valence-corrected chi connectivity index (χ4v) is 1.64. The lowest BCUT2D eigenvalue weighted by molar-refractivity contribution is 0.101. The number of carbonyl (C=O) groups excluding carboxylic acids is 1. The van der Waals surface area contributed by atoms with E-state index in [-0.39, 0.29) is 11.9 Å². The lowest BCUT2D eigenvalue weighted by Crippen LogP contribution is -2.15. The average molecular weight is 244 g/mol. The van der Waals surface area contributed by atoms with Gasteiger partial charge in [0.15, 0.2) is 0 Å². The number of benzene rings is 1. The summed E-state index contributed by atoms with van der Waals surface area (Å²) in [4.78, 5) is 15.8. The Kier molecular flexibility index (Phi) is 3.43. The molecule has 2 aromatic rings. The van der Waals surface area contributed by atoms with E-state index in [4.69, 9.17) is 5.73 Å². The first-order valence-electron chi connectivity index (χ1n) is 5.71. The van der Waals surface area contributed by atoms with Crippen LogP contribution in [0.25, 0.3) is 0 Å². The molecule has 0 aliphatic carbocycles. The number of nitrogens with two attached hydrogens (primary N) is 1. The maximum atomic E-state index is 11.9. The van der Waals surface area contributed by atoms with Gasteiger partial charge in [0, 0.05) is 18.8 Å². The number of aryl methyl sites for hydroxylation is 1. The van der Waals surface area contributed by atoms with E-state index in [1.807, 2.05) is 31.2 Å². The normalized spacial score (nSPS) is 12.2. The Balaban J connectivity index is 2.10.